The van der Waals surface area contributed by atoms with Gasteiger partial charge in [0.15, 0.2) is 0 Å². The van der Waals surface area contributed by atoms with Crippen LogP contribution >= 0.6 is 7.60 Å². The van der Waals surface area contributed by atoms with Crippen molar-refractivity contribution in [3.63, 3.8) is 0 Å². The zero-order chi connectivity index (χ0) is 10.5. The van der Waals surface area contributed by atoms with Crippen LogP contribution in [-0.2, 0) is 13.6 Å². The fourth-order valence-corrected chi connectivity index (χ4v) is 2.27. The van der Waals surface area contributed by atoms with Crippen molar-refractivity contribution in [3.8, 4) is 0 Å². The normalized spacial score (nSPS) is 14.9. The highest BCUT2D eigenvalue weighted by Crippen LogP contribution is 2.56. The first-order chi connectivity index (χ1) is 5.98. The van der Waals surface area contributed by atoms with Gasteiger partial charge >= 0.3 is 7.60 Å². The molecule has 13 heavy (non-hydrogen) atoms. The van der Waals surface area contributed by atoms with Crippen LogP contribution < -0.4 is 0 Å². The van der Waals surface area contributed by atoms with E-state index < -0.39 is 19.6 Å². The van der Waals surface area contributed by atoms with Crippen LogP contribution in [-0.4, -0.2) is 24.2 Å². The molecule has 6 heteroatoms. The molecule has 1 N–H and O–H groups in total. The lowest BCUT2D eigenvalue weighted by Gasteiger charge is -2.21. The van der Waals surface area contributed by atoms with Crippen molar-refractivity contribution in [3.05, 3.63) is 6.10 Å². The van der Waals surface area contributed by atoms with Crippen LogP contribution in [0.3, 0.4) is 0 Å². The minimum Gasteiger partial charge on any atom is -0.383 e. The second kappa shape index (κ2) is 5.70. The van der Waals surface area contributed by atoms with Crippen LogP contribution in [0.5, 0.6) is 0 Å². The average molecular weight is 213 g/mol. The molecule has 1 unspecified atom stereocenters. The number of aliphatic hydroxyl groups excluding tert-OH is 1. The molecule has 0 aromatic rings. The van der Waals surface area contributed by atoms with Crippen molar-refractivity contribution in [2.75, 3.05) is 13.2 Å². The summed E-state index contributed by atoms with van der Waals surface area (Å²) in [6, 6.07) is 0. The average Bonchev–Trinajstić information content (AvgIpc) is 2.03. The van der Waals surface area contributed by atoms with Crippen molar-refractivity contribution < 1.29 is 23.1 Å². The van der Waals surface area contributed by atoms with E-state index in [1.54, 1.807) is 13.8 Å². The van der Waals surface area contributed by atoms with Crippen LogP contribution in [0.25, 0.3) is 0 Å². The van der Waals surface area contributed by atoms with Gasteiger partial charge in [0, 0.05) is 0 Å². The van der Waals surface area contributed by atoms with E-state index in [9.17, 15) is 8.96 Å². The molecule has 0 aromatic carbocycles. The Morgan fingerprint density at radius 1 is 1.46 bits per heavy atom. The molecule has 0 heterocycles. The number of alkyl halides is 1. The van der Waals surface area contributed by atoms with Crippen molar-refractivity contribution >= 4 is 7.60 Å². The smallest absolute Gasteiger partial charge is 0.367 e. The van der Waals surface area contributed by atoms with Gasteiger partial charge in [-0.15, -0.1) is 0 Å². The molecule has 0 aliphatic carbocycles. The maximum Gasteiger partial charge on any atom is 0.367 e. The summed E-state index contributed by atoms with van der Waals surface area (Å²) in [6.45, 7) is 4.42. The van der Waals surface area contributed by atoms with E-state index in [0.29, 0.717) is 0 Å². The van der Waals surface area contributed by atoms with Crippen LogP contribution in [0, 0.1) is 6.10 Å². The van der Waals surface area contributed by atoms with Gasteiger partial charge in [0.2, 0.25) is 5.91 Å². The van der Waals surface area contributed by atoms with Gasteiger partial charge in [-0.25, -0.2) is 4.39 Å². The third kappa shape index (κ3) is 3.73. The lowest BCUT2D eigenvalue weighted by atomic mass is 10.5. The van der Waals surface area contributed by atoms with Crippen LogP contribution in [0.2, 0.25) is 0 Å². The van der Waals surface area contributed by atoms with E-state index in [0.717, 1.165) is 6.92 Å². The Labute approximate surface area is 77.6 Å². The zero-order valence-corrected chi connectivity index (χ0v) is 8.88. The Bertz CT molecular complexity index is 175. The van der Waals surface area contributed by atoms with Crippen LogP contribution in [0.1, 0.15) is 20.8 Å². The van der Waals surface area contributed by atoms with Gasteiger partial charge in [0.05, 0.1) is 13.2 Å². The maximum atomic E-state index is 13.1. The van der Waals surface area contributed by atoms with Crippen LogP contribution in [0.15, 0.2) is 0 Å². The number of halogens is 1. The zero-order valence-electron chi connectivity index (χ0n) is 7.99. The molecule has 1 atom stereocenters. The Balaban J connectivity index is 4.47. The summed E-state index contributed by atoms with van der Waals surface area (Å²) in [6.07, 6.45) is -0.592. The van der Waals surface area contributed by atoms with Crippen LogP contribution in [0.4, 0.5) is 4.39 Å². The lowest BCUT2D eigenvalue weighted by Crippen LogP contribution is -2.14. The fraction of sp³-hybridized carbons (Fsp3) is 0.857. The maximum absolute atomic E-state index is 13.1. The minimum atomic E-state index is -3.82. The highest BCUT2D eigenvalue weighted by atomic mass is 31.2. The highest BCUT2D eigenvalue weighted by Gasteiger charge is 2.39. The summed E-state index contributed by atoms with van der Waals surface area (Å²) in [5.74, 6) is -2.06. The highest BCUT2D eigenvalue weighted by molar-refractivity contribution is 7.54. The van der Waals surface area contributed by atoms with Gasteiger partial charge in [-0.1, -0.05) is 0 Å². The third-order valence-corrected chi connectivity index (χ3v) is 3.41. The molecule has 0 saturated heterocycles. The Kier molecular flexibility index (Phi) is 5.72. The molecule has 0 aromatic heterocycles. The van der Waals surface area contributed by atoms with Gasteiger partial charge in [0.25, 0.3) is 0 Å². The summed E-state index contributed by atoms with van der Waals surface area (Å²) in [5, 5.41) is 8.82. The van der Waals surface area contributed by atoms with Gasteiger partial charge in [-0.05, 0) is 20.8 Å². The third-order valence-electron chi connectivity index (χ3n) is 1.24. The second-order valence-electron chi connectivity index (χ2n) is 2.35. The second-order valence-corrected chi connectivity index (χ2v) is 4.40. The molecule has 0 aliphatic rings. The first-order valence-electron chi connectivity index (χ1n) is 4.03. The first-order valence-corrected chi connectivity index (χ1v) is 5.64. The summed E-state index contributed by atoms with van der Waals surface area (Å²) in [5.41, 5.74) is 0. The summed E-state index contributed by atoms with van der Waals surface area (Å²) in [7, 11) is -3.82. The number of hydrogen-bond acceptors (Lipinski definition) is 4. The summed E-state index contributed by atoms with van der Waals surface area (Å²) >= 11 is 0. The molecule has 0 rings (SSSR count). The lowest BCUT2D eigenvalue weighted by molar-refractivity contribution is 0.159. The molecule has 0 saturated carbocycles. The largest absolute Gasteiger partial charge is 0.383 e. The molecular weight excluding hydrogens is 198 g/mol. The van der Waals surface area contributed by atoms with E-state index in [1.165, 1.54) is 0 Å². The SMILES string of the molecule is CCOP(=O)(OCC)C(F)[C](C)O. The van der Waals surface area contributed by atoms with E-state index in [4.69, 9.17) is 5.11 Å². The molecule has 4 nitrogen and oxygen atoms in total. The van der Waals surface area contributed by atoms with Crippen molar-refractivity contribution in [2.45, 2.75) is 26.7 Å². The predicted molar refractivity (Wildman–Crippen MR) is 46.6 cm³/mol. The van der Waals surface area contributed by atoms with Gasteiger partial charge in [-0.2, -0.15) is 0 Å². The van der Waals surface area contributed by atoms with Crippen molar-refractivity contribution in [1.29, 1.82) is 0 Å². The van der Waals surface area contributed by atoms with Gasteiger partial charge in [0.1, 0.15) is 6.10 Å². The van der Waals surface area contributed by atoms with Gasteiger partial charge < -0.3 is 14.2 Å². The minimum absolute atomic E-state index is 0.0744. The molecule has 0 aliphatic heterocycles. The van der Waals surface area contributed by atoms with E-state index >= 15 is 0 Å². The van der Waals surface area contributed by atoms with E-state index in [-0.39, 0.29) is 13.2 Å². The molecule has 0 fully saturated rings. The van der Waals surface area contributed by atoms with E-state index in [1.807, 2.05) is 0 Å². The molecule has 0 amide bonds. The topological polar surface area (TPSA) is 55.8 Å². The number of hydrogen-bond donors (Lipinski definition) is 1. The van der Waals surface area contributed by atoms with Crippen molar-refractivity contribution in [1.82, 2.24) is 0 Å². The number of aliphatic hydroxyl groups is 1. The molecule has 0 spiro atoms. The van der Waals surface area contributed by atoms with E-state index in [2.05, 4.69) is 9.05 Å². The van der Waals surface area contributed by atoms with Gasteiger partial charge in [-0.3, -0.25) is 4.57 Å². The Hall–Kier alpha value is 0.0400. The standard InChI is InChI=1S/C7H15FO4P/c1-4-11-13(10,12-5-2)7(8)6(3)9/h7,9H,4-5H2,1-3H3. The summed E-state index contributed by atoms with van der Waals surface area (Å²) in [4.78, 5) is 0. The Morgan fingerprint density at radius 3 is 2.08 bits per heavy atom. The fourth-order valence-electron chi connectivity index (χ4n) is 0.757. The molecular formula is C7H15FO4P. The predicted octanol–water partition coefficient (Wildman–Crippen LogP) is 2.47. The number of rotatable bonds is 6. The monoisotopic (exact) mass is 213 g/mol. The Morgan fingerprint density at radius 2 is 1.85 bits per heavy atom. The quantitative estimate of drug-likeness (QED) is 0.688. The summed E-state index contributed by atoms with van der Waals surface area (Å²) < 4.78 is 34.0. The molecule has 0 bridgehead atoms. The van der Waals surface area contributed by atoms with Crippen molar-refractivity contribution in [2.24, 2.45) is 0 Å². The first kappa shape index (κ1) is 13.0. The molecule has 79 valence electrons. The molecule has 1 radical (unpaired) electrons.